The van der Waals surface area contributed by atoms with E-state index in [0.717, 1.165) is 24.5 Å². The van der Waals surface area contributed by atoms with E-state index in [2.05, 4.69) is 15.9 Å². The molecule has 1 nitrogen and oxygen atoms in total. The van der Waals surface area contributed by atoms with Gasteiger partial charge in [0.25, 0.3) is 0 Å². The van der Waals surface area contributed by atoms with Crippen molar-refractivity contribution < 1.29 is 4.74 Å². The maximum absolute atomic E-state index is 6.13. The minimum Gasteiger partial charge on any atom is -0.381 e. The van der Waals surface area contributed by atoms with Crippen molar-refractivity contribution in [2.45, 2.75) is 70.6 Å². The van der Waals surface area contributed by atoms with Crippen molar-refractivity contribution in [1.82, 2.24) is 0 Å². The molecule has 0 aromatic heterocycles. The van der Waals surface area contributed by atoms with Crippen LogP contribution in [0, 0.1) is 11.3 Å². The van der Waals surface area contributed by atoms with Crippen molar-refractivity contribution in [1.29, 1.82) is 0 Å². The van der Waals surface area contributed by atoms with Gasteiger partial charge in [-0.25, -0.2) is 0 Å². The molecule has 0 amide bonds. The molecule has 2 fully saturated rings. The van der Waals surface area contributed by atoms with Gasteiger partial charge in [-0.15, -0.1) is 0 Å². The van der Waals surface area contributed by atoms with Crippen LogP contribution in [-0.4, -0.2) is 18.5 Å². The summed E-state index contributed by atoms with van der Waals surface area (Å²) >= 11 is 3.75. The largest absolute Gasteiger partial charge is 0.381 e. The van der Waals surface area contributed by atoms with E-state index in [1.807, 2.05) is 0 Å². The van der Waals surface area contributed by atoms with Crippen molar-refractivity contribution in [2.75, 3.05) is 18.5 Å². The number of ether oxygens (including phenoxy) is 1. The van der Waals surface area contributed by atoms with Gasteiger partial charge < -0.3 is 4.74 Å². The Kier molecular flexibility index (Phi) is 6.51. The smallest absolute Gasteiger partial charge is 0.0530 e. The minimum atomic E-state index is 0.450. The van der Waals surface area contributed by atoms with Crippen LogP contribution in [0.25, 0.3) is 0 Å². The summed E-state index contributed by atoms with van der Waals surface area (Å²) in [5, 5.41) is 1.13. The van der Waals surface area contributed by atoms with Gasteiger partial charge in [-0.3, -0.25) is 0 Å². The van der Waals surface area contributed by atoms with Crippen molar-refractivity contribution in [3.8, 4) is 0 Å². The van der Waals surface area contributed by atoms with Crippen LogP contribution in [0.2, 0.25) is 0 Å². The van der Waals surface area contributed by atoms with E-state index in [1.165, 1.54) is 70.6 Å². The summed E-state index contributed by atoms with van der Waals surface area (Å²) in [5.74, 6) is 0.858. The number of rotatable bonds is 5. The first-order valence-electron chi connectivity index (χ1n) is 7.98. The van der Waals surface area contributed by atoms with Crippen LogP contribution in [0.4, 0.5) is 0 Å². The first-order chi connectivity index (χ1) is 8.85. The first kappa shape index (κ1) is 14.8. The Labute approximate surface area is 121 Å². The molecule has 2 heteroatoms. The minimum absolute atomic E-state index is 0.450. The third-order valence-corrected chi connectivity index (χ3v) is 6.12. The summed E-state index contributed by atoms with van der Waals surface area (Å²) in [6.45, 7) is 2.02. The number of halogens is 1. The maximum Gasteiger partial charge on any atom is 0.0530 e. The van der Waals surface area contributed by atoms with E-state index < -0.39 is 0 Å². The molecular weight excluding hydrogens is 288 g/mol. The summed E-state index contributed by atoms with van der Waals surface area (Å²) in [6.07, 6.45) is 15.5. The van der Waals surface area contributed by atoms with Crippen LogP contribution < -0.4 is 0 Å². The molecule has 0 aromatic rings. The molecule has 0 aliphatic heterocycles. The third kappa shape index (κ3) is 4.52. The van der Waals surface area contributed by atoms with Crippen LogP contribution in [0.15, 0.2) is 0 Å². The maximum atomic E-state index is 6.13. The summed E-state index contributed by atoms with van der Waals surface area (Å²) in [5.41, 5.74) is 0.450. The summed E-state index contributed by atoms with van der Waals surface area (Å²) in [4.78, 5) is 0. The van der Waals surface area contributed by atoms with Gasteiger partial charge in [-0.05, 0) is 31.6 Å². The zero-order valence-corrected chi connectivity index (χ0v) is 13.3. The normalized spacial score (nSPS) is 25.8. The zero-order valence-electron chi connectivity index (χ0n) is 11.8. The predicted octanol–water partition coefficient (Wildman–Crippen LogP) is 5.32. The van der Waals surface area contributed by atoms with E-state index in [1.54, 1.807) is 0 Å². The molecule has 18 heavy (non-hydrogen) atoms. The lowest BCUT2D eigenvalue weighted by Crippen LogP contribution is -2.29. The second-order valence-corrected chi connectivity index (χ2v) is 7.13. The monoisotopic (exact) mass is 316 g/mol. The lowest BCUT2D eigenvalue weighted by molar-refractivity contribution is 0.0211. The molecule has 2 aliphatic rings. The standard InChI is InChI=1S/C16H29BrO/c17-13-16(10-6-1-2-7-11-16)14-18-12-15-8-4-3-5-9-15/h15H,1-14H2. The molecule has 2 rings (SSSR count). The zero-order chi connectivity index (χ0) is 12.7. The van der Waals surface area contributed by atoms with Gasteiger partial charge in [-0.2, -0.15) is 0 Å². The highest BCUT2D eigenvalue weighted by atomic mass is 79.9. The van der Waals surface area contributed by atoms with E-state index in [9.17, 15) is 0 Å². The average Bonchev–Trinajstić information content (AvgIpc) is 2.66. The van der Waals surface area contributed by atoms with Crippen molar-refractivity contribution in [3.05, 3.63) is 0 Å². The Bertz CT molecular complexity index is 215. The average molecular weight is 317 g/mol. The van der Waals surface area contributed by atoms with Gasteiger partial charge in [0.05, 0.1) is 6.61 Å². The fourth-order valence-electron chi connectivity index (χ4n) is 3.59. The fraction of sp³-hybridized carbons (Fsp3) is 1.00. The lowest BCUT2D eigenvalue weighted by atomic mass is 9.83. The van der Waals surface area contributed by atoms with Crippen molar-refractivity contribution >= 4 is 15.9 Å². The molecule has 106 valence electrons. The molecule has 0 bridgehead atoms. The molecule has 0 radical (unpaired) electrons. The van der Waals surface area contributed by atoms with E-state index in [0.29, 0.717) is 5.41 Å². The van der Waals surface area contributed by atoms with E-state index in [4.69, 9.17) is 4.74 Å². The van der Waals surface area contributed by atoms with Gasteiger partial charge in [-0.1, -0.05) is 60.9 Å². The second-order valence-electron chi connectivity index (χ2n) is 6.57. The topological polar surface area (TPSA) is 9.23 Å². The number of alkyl halides is 1. The van der Waals surface area contributed by atoms with Gasteiger partial charge >= 0.3 is 0 Å². The van der Waals surface area contributed by atoms with Crippen LogP contribution in [0.5, 0.6) is 0 Å². The highest BCUT2D eigenvalue weighted by Crippen LogP contribution is 2.37. The van der Waals surface area contributed by atoms with Crippen molar-refractivity contribution in [2.24, 2.45) is 11.3 Å². The Morgan fingerprint density at radius 1 is 0.889 bits per heavy atom. The van der Waals surface area contributed by atoms with Gasteiger partial charge in [0.1, 0.15) is 0 Å². The van der Waals surface area contributed by atoms with Gasteiger partial charge in [0.15, 0.2) is 0 Å². The molecule has 0 atom stereocenters. The summed E-state index contributed by atoms with van der Waals surface area (Å²) in [6, 6.07) is 0. The van der Waals surface area contributed by atoms with E-state index in [-0.39, 0.29) is 0 Å². The van der Waals surface area contributed by atoms with Gasteiger partial charge in [0, 0.05) is 17.4 Å². The quantitative estimate of drug-likeness (QED) is 0.492. The van der Waals surface area contributed by atoms with Crippen LogP contribution in [0.1, 0.15) is 70.6 Å². The van der Waals surface area contributed by atoms with E-state index >= 15 is 0 Å². The molecule has 0 spiro atoms. The van der Waals surface area contributed by atoms with Crippen molar-refractivity contribution in [3.63, 3.8) is 0 Å². The fourth-order valence-corrected chi connectivity index (χ4v) is 4.31. The summed E-state index contributed by atoms with van der Waals surface area (Å²) < 4.78 is 6.13. The molecule has 0 unspecified atom stereocenters. The Hall–Kier alpha value is 0.440. The van der Waals surface area contributed by atoms with Crippen LogP contribution in [0.3, 0.4) is 0 Å². The number of hydrogen-bond acceptors (Lipinski definition) is 1. The first-order valence-corrected chi connectivity index (χ1v) is 9.11. The third-order valence-electron chi connectivity index (χ3n) is 4.93. The Morgan fingerprint density at radius 2 is 1.50 bits per heavy atom. The highest BCUT2D eigenvalue weighted by Gasteiger charge is 2.30. The second kappa shape index (κ2) is 7.89. The highest BCUT2D eigenvalue weighted by molar-refractivity contribution is 9.09. The molecule has 0 N–H and O–H groups in total. The van der Waals surface area contributed by atoms with Gasteiger partial charge in [0.2, 0.25) is 0 Å². The van der Waals surface area contributed by atoms with Crippen LogP contribution >= 0.6 is 15.9 Å². The molecule has 2 aliphatic carbocycles. The molecular formula is C16H29BrO. The Morgan fingerprint density at radius 3 is 2.11 bits per heavy atom. The Balaban J connectivity index is 1.71. The SMILES string of the molecule is BrCC1(COCC2CCCCC2)CCCCCC1. The van der Waals surface area contributed by atoms with Crippen LogP contribution in [-0.2, 0) is 4.74 Å². The summed E-state index contributed by atoms with van der Waals surface area (Å²) in [7, 11) is 0. The molecule has 0 aromatic carbocycles. The molecule has 2 saturated carbocycles. The molecule has 0 saturated heterocycles. The molecule has 0 heterocycles. The lowest BCUT2D eigenvalue weighted by Gasteiger charge is -2.31. The number of hydrogen-bond donors (Lipinski definition) is 0. The predicted molar refractivity (Wildman–Crippen MR) is 81.3 cm³/mol.